The Morgan fingerprint density at radius 3 is 2.58 bits per heavy atom. The topological polar surface area (TPSA) is 46.3 Å². The Hall–Kier alpha value is -2.62. The highest BCUT2D eigenvalue weighted by atomic mass is 16.3. The molecular formula is C22H24N2O2. The lowest BCUT2D eigenvalue weighted by atomic mass is 10.0. The van der Waals surface area contributed by atoms with Crippen LogP contribution in [0.2, 0.25) is 0 Å². The molecule has 0 radical (unpaired) electrons. The van der Waals surface area contributed by atoms with Gasteiger partial charge in [0.15, 0.2) is 5.76 Å². The number of hydrogen-bond acceptors (Lipinski definition) is 3. The molecule has 134 valence electrons. The largest absolute Gasteiger partial charge is 0.463 e. The third-order valence-corrected chi connectivity index (χ3v) is 5.30. The molecule has 1 unspecified atom stereocenters. The van der Waals surface area contributed by atoms with Crippen molar-refractivity contribution in [1.82, 2.24) is 9.88 Å². The highest BCUT2D eigenvalue weighted by Crippen LogP contribution is 2.34. The van der Waals surface area contributed by atoms with E-state index in [0.717, 1.165) is 23.7 Å². The van der Waals surface area contributed by atoms with E-state index < -0.39 is 0 Å². The normalized spacial score (nSPS) is 15.4. The lowest BCUT2D eigenvalue weighted by Gasteiger charge is -2.32. The van der Waals surface area contributed by atoms with Gasteiger partial charge in [0, 0.05) is 17.5 Å². The summed E-state index contributed by atoms with van der Waals surface area (Å²) < 4.78 is 5.52. The number of rotatable bonds is 5. The van der Waals surface area contributed by atoms with Gasteiger partial charge < -0.3 is 9.32 Å². The SMILES string of the molecule is CC(C)C(C)N(C(=O)c1cc(-c2ccco2)nc2ccccc12)C1CC1. The molecule has 1 fully saturated rings. The molecule has 1 amide bonds. The maximum absolute atomic E-state index is 13.6. The number of amides is 1. The minimum absolute atomic E-state index is 0.0973. The van der Waals surface area contributed by atoms with Crippen molar-refractivity contribution >= 4 is 16.8 Å². The van der Waals surface area contributed by atoms with E-state index >= 15 is 0 Å². The Morgan fingerprint density at radius 1 is 1.15 bits per heavy atom. The lowest BCUT2D eigenvalue weighted by Crippen LogP contribution is -2.43. The van der Waals surface area contributed by atoms with E-state index in [2.05, 4.69) is 25.7 Å². The van der Waals surface area contributed by atoms with Gasteiger partial charge in [-0.05, 0) is 49.9 Å². The van der Waals surface area contributed by atoms with E-state index in [4.69, 9.17) is 9.40 Å². The van der Waals surface area contributed by atoms with Crippen molar-refractivity contribution in [2.75, 3.05) is 0 Å². The van der Waals surface area contributed by atoms with Crippen molar-refractivity contribution in [3.8, 4) is 11.5 Å². The minimum Gasteiger partial charge on any atom is -0.463 e. The Bertz CT molecular complexity index is 926. The van der Waals surface area contributed by atoms with Crippen molar-refractivity contribution in [3.05, 3.63) is 54.3 Å². The van der Waals surface area contributed by atoms with Crippen LogP contribution in [0.5, 0.6) is 0 Å². The molecule has 4 rings (SSSR count). The summed E-state index contributed by atoms with van der Waals surface area (Å²) in [6.45, 7) is 6.50. The number of fused-ring (bicyclic) bond motifs is 1. The molecule has 4 nitrogen and oxygen atoms in total. The number of furan rings is 1. The number of aromatic nitrogens is 1. The summed E-state index contributed by atoms with van der Waals surface area (Å²) in [5.41, 5.74) is 2.23. The van der Waals surface area contributed by atoms with Gasteiger partial charge in [-0.3, -0.25) is 4.79 Å². The first-order valence-corrected chi connectivity index (χ1v) is 9.32. The summed E-state index contributed by atoms with van der Waals surface area (Å²) in [4.78, 5) is 20.4. The van der Waals surface area contributed by atoms with E-state index in [9.17, 15) is 4.79 Å². The monoisotopic (exact) mass is 348 g/mol. The van der Waals surface area contributed by atoms with Gasteiger partial charge in [-0.15, -0.1) is 0 Å². The van der Waals surface area contributed by atoms with Crippen LogP contribution in [0, 0.1) is 5.92 Å². The van der Waals surface area contributed by atoms with Crippen molar-refractivity contribution in [2.45, 2.75) is 45.7 Å². The molecule has 1 aromatic carbocycles. The van der Waals surface area contributed by atoms with Crippen molar-refractivity contribution in [3.63, 3.8) is 0 Å². The summed E-state index contributed by atoms with van der Waals surface area (Å²) >= 11 is 0. The van der Waals surface area contributed by atoms with Crippen LogP contribution >= 0.6 is 0 Å². The molecule has 2 heterocycles. The summed E-state index contributed by atoms with van der Waals surface area (Å²) in [5, 5.41) is 0.898. The van der Waals surface area contributed by atoms with E-state index in [1.807, 2.05) is 42.5 Å². The molecular weight excluding hydrogens is 324 g/mol. The van der Waals surface area contributed by atoms with Crippen LogP contribution in [-0.4, -0.2) is 27.9 Å². The number of carbonyl (C=O) groups is 1. The molecule has 4 heteroatoms. The summed E-state index contributed by atoms with van der Waals surface area (Å²) in [5.74, 6) is 1.19. The molecule has 0 N–H and O–H groups in total. The van der Waals surface area contributed by atoms with Gasteiger partial charge >= 0.3 is 0 Å². The van der Waals surface area contributed by atoms with Crippen LogP contribution < -0.4 is 0 Å². The number of carbonyl (C=O) groups excluding carboxylic acids is 1. The zero-order chi connectivity index (χ0) is 18.3. The zero-order valence-corrected chi connectivity index (χ0v) is 15.5. The molecule has 0 bridgehead atoms. The third-order valence-electron chi connectivity index (χ3n) is 5.30. The van der Waals surface area contributed by atoms with Crippen molar-refractivity contribution in [2.24, 2.45) is 5.92 Å². The van der Waals surface area contributed by atoms with Crippen LogP contribution in [0.4, 0.5) is 0 Å². The fourth-order valence-electron chi connectivity index (χ4n) is 3.40. The highest BCUT2D eigenvalue weighted by Gasteiger charge is 2.37. The first-order valence-electron chi connectivity index (χ1n) is 9.32. The Labute approximate surface area is 153 Å². The van der Waals surface area contributed by atoms with E-state index in [1.54, 1.807) is 6.26 Å². The van der Waals surface area contributed by atoms with Crippen molar-refractivity contribution < 1.29 is 9.21 Å². The molecule has 26 heavy (non-hydrogen) atoms. The van der Waals surface area contributed by atoms with E-state index in [-0.39, 0.29) is 11.9 Å². The number of benzene rings is 1. The molecule has 0 saturated heterocycles. The van der Waals surface area contributed by atoms with Gasteiger partial charge in [0.2, 0.25) is 0 Å². The minimum atomic E-state index is 0.0973. The Morgan fingerprint density at radius 2 is 1.92 bits per heavy atom. The highest BCUT2D eigenvalue weighted by molar-refractivity contribution is 6.07. The predicted molar refractivity (Wildman–Crippen MR) is 103 cm³/mol. The van der Waals surface area contributed by atoms with Crippen LogP contribution in [0.3, 0.4) is 0 Å². The summed E-state index contributed by atoms with van der Waals surface area (Å²) in [6.07, 6.45) is 3.82. The molecule has 1 aliphatic carbocycles. The van der Waals surface area contributed by atoms with E-state index in [0.29, 0.717) is 29.0 Å². The maximum atomic E-state index is 13.6. The van der Waals surface area contributed by atoms with Gasteiger partial charge in [0.05, 0.1) is 17.3 Å². The Kier molecular flexibility index (Phi) is 4.27. The van der Waals surface area contributed by atoms with Gasteiger partial charge in [0.25, 0.3) is 5.91 Å². The van der Waals surface area contributed by atoms with Crippen LogP contribution in [0.1, 0.15) is 44.0 Å². The summed E-state index contributed by atoms with van der Waals surface area (Å²) in [6, 6.07) is 14.0. The second-order valence-electron chi connectivity index (χ2n) is 7.48. The second-order valence-corrected chi connectivity index (χ2v) is 7.48. The van der Waals surface area contributed by atoms with Crippen molar-refractivity contribution in [1.29, 1.82) is 0 Å². The van der Waals surface area contributed by atoms with Gasteiger partial charge in [-0.25, -0.2) is 4.98 Å². The standard InChI is InChI=1S/C22H24N2O2/c1-14(2)15(3)24(16-10-11-16)22(25)18-13-20(21-9-6-12-26-21)23-19-8-5-4-7-17(18)19/h4-9,12-16H,10-11H2,1-3H3. The molecule has 1 atom stereocenters. The fourth-order valence-corrected chi connectivity index (χ4v) is 3.40. The Balaban J connectivity index is 1.85. The second kappa shape index (κ2) is 6.60. The van der Waals surface area contributed by atoms with Gasteiger partial charge in [-0.2, -0.15) is 0 Å². The molecule has 1 aliphatic rings. The molecule has 1 saturated carbocycles. The number of para-hydroxylation sites is 1. The molecule has 3 aromatic rings. The van der Waals surface area contributed by atoms with E-state index in [1.165, 1.54) is 0 Å². The van der Waals surface area contributed by atoms with Gasteiger partial charge in [0.1, 0.15) is 5.69 Å². The first-order chi connectivity index (χ1) is 12.6. The zero-order valence-electron chi connectivity index (χ0n) is 15.5. The van der Waals surface area contributed by atoms with Crippen LogP contribution in [-0.2, 0) is 0 Å². The maximum Gasteiger partial charge on any atom is 0.255 e. The molecule has 2 aromatic heterocycles. The number of pyridine rings is 1. The quantitative estimate of drug-likeness (QED) is 0.641. The predicted octanol–water partition coefficient (Wildman–Crippen LogP) is 5.14. The molecule has 0 spiro atoms. The van der Waals surface area contributed by atoms with Crippen LogP contribution in [0.25, 0.3) is 22.4 Å². The lowest BCUT2D eigenvalue weighted by molar-refractivity contribution is 0.0630. The smallest absolute Gasteiger partial charge is 0.255 e. The van der Waals surface area contributed by atoms with Crippen LogP contribution in [0.15, 0.2) is 53.1 Å². The number of nitrogens with zero attached hydrogens (tertiary/aromatic N) is 2. The van der Waals surface area contributed by atoms with Gasteiger partial charge in [-0.1, -0.05) is 32.0 Å². The fraction of sp³-hybridized carbons (Fsp3) is 0.364. The molecule has 0 aliphatic heterocycles. The average molecular weight is 348 g/mol. The average Bonchev–Trinajstić information content (AvgIpc) is 3.32. The third kappa shape index (κ3) is 3.00. The number of hydrogen-bond donors (Lipinski definition) is 0. The summed E-state index contributed by atoms with van der Waals surface area (Å²) in [7, 11) is 0. The first kappa shape index (κ1) is 16.8.